The second-order valence-corrected chi connectivity index (χ2v) is 4.98. The Morgan fingerprint density at radius 2 is 1.79 bits per heavy atom. The van der Waals surface area contributed by atoms with Crippen LogP contribution in [0.5, 0.6) is 0 Å². The van der Waals surface area contributed by atoms with Crippen molar-refractivity contribution in [3.8, 4) is 0 Å². The molecule has 0 amide bonds. The average Bonchev–Trinajstić information content (AvgIpc) is 2.38. The van der Waals surface area contributed by atoms with Crippen molar-refractivity contribution in [2.45, 2.75) is 58.4 Å². The zero-order chi connectivity index (χ0) is 14.1. The summed E-state index contributed by atoms with van der Waals surface area (Å²) in [5, 5.41) is 3.29. The van der Waals surface area contributed by atoms with E-state index in [1.54, 1.807) is 6.07 Å². The molecule has 0 heterocycles. The van der Waals surface area contributed by atoms with Gasteiger partial charge in [-0.05, 0) is 19.0 Å². The molecule has 0 fully saturated rings. The molecule has 1 rings (SSSR count). The number of halogens is 2. The number of benzene rings is 1. The molecule has 0 saturated heterocycles. The SMILES string of the molecule is CCCCCCCC(NCC)c1ccc(F)cc1F. The average molecular weight is 269 g/mol. The van der Waals surface area contributed by atoms with E-state index in [1.807, 2.05) is 6.92 Å². The molecule has 0 radical (unpaired) electrons. The zero-order valence-corrected chi connectivity index (χ0v) is 12.0. The number of hydrogen-bond donors (Lipinski definition) is 1. The predicted octanol–water partition coefficient (Wildman–Crippen LogP) is 4.98. The third-order valence-corrected chi connectivity index (χ3v) is 3.38. The van der Waals surface area contributed by atoms with Crippen LogP contribution in [0.3, 0.4) is 0 Å². The Balaban J connectivity index is 2.55. The minimum Gasteiger partial charge on any atom is -0.310 e. The third-order valence-electron chi connectivity index (χ3n) is 3.38. The molecular weight excluding hydrogens is 244 g/mol. The first kappa shape index (κ1) is 16.1. The summed E-state index contributed by atoms with van der Waals surface area (Å²) in [6.07, 6.45) is 6.88. The second kappa shape index (κ2) is 9.03. The van der Waals surface area contributed by atoms with Gasteiger partial charge in [0.2, 0.25) is 0 Å². The highest BCUT2D eigenvalue weighted by Gasteiger charge is 2.14. The van der Waals surface area contributed by atoms with Crippen molar-refractivity contribution in [2.24, 2.45) is 0 Å². The molecule has 1 atom stereocenters. The highest BCUT2D eigenvalue weighted by atomic mass is 19.1. The Hall–Kier alpha value is -0.960. The fraction of sp³-hybridized carbons (Fsp3) is 0.625. The van der Waals surface area contributed by atoms with Gasteiger partial charge < -0.3 is 5.32 Å². The van der Waals surface area contributed by atoms with Gasteiger partial charge in [0.1, 0.15) is 11.6 Å². The van der Waals surface area contributed by atoms with Crippen LogP contribution in [0.1, 0.15) is 64.0 Å². The molecule has 19 heavy (non-hydrogen) atoms. The first-order valence-corrected chi connectivity index (χ1v) is 7.37. The molecule has 0 saturated carbocycles. The highest BCUT2D eigenvalue weighted by Crippen LogP contribution is 2.23. The molecule has 0 aromatic heterocycles. The van der Waals surface area contributed by atoms with Crippen LogP contribution in [0.4, 0.5) is 8.78 Å². The van der Waals surface area contributed by atoms with E-state index >= 15 is 0 Å². The van der Waals surface area contributed by atoms with Crippen LogP contribution in [0.15, 0.2) is 18.2 Å². The van der Waals surface area contributed by atoms with Crippen LogP contribution in [0.2, 0.25) is 0 Å². The Labute approximate surface area is 115 Å². The third kappa shape index (κ3) is 5.68. The minimum absolute atomic E-state index is 0.00720. The minimum atomic E-state index is -0.514. The predicted molar refractivity (Wildman–Crippen MR) is 76.2 cm³/mol. The van der Waals surface area contributed by atoms with Gasteiger partial charge >= 0.3 is 0 Å². The smallest absolute Gasteiger partial charge is 0.130 e. The van der Waals surface area contributed by atoms with Crippen molar-refractivity contribution in [1.29, 1.82) is 0 Å². The standard InChI is InChI=1S/C16H25F2N/c1-3-5-6-7-8-9-16(19-4-2)14-11-10-13(17)12-15(14)18/h10-12,16,19H,3-9H2,1-2H3. The maximum Gasteiger partial charge on any atom is 0.130 e. The van der Waals surface area contributed by atoms with E-state index < -0.39 is 11.6 Å². The molecule has 1 unspecified atom stereocenters. The van der Waals surface area contributed by atoms with Crippen LogP contribution in [-0.2, 0) is 0 Å². The van der Waals surface area contributed by atoms with E-state index in [0.29, 0.717) is 5.56 Å². The fourth-order valence-corrected chi connectivity index (χ4v) is 2.35. The topological polar surface area (TPSA) is 12.0 Å². The molecule has 0 aliphatic heterocycles. The van der Waals surface area contributed by atoms with Crippen molar-refractivity contribution >= 4 is 0 Å². The molecule has 1 N–H and O–H groups in total. The molecule has 3 heteroatoms. The molecule has 1 aromatic carbocycles. The van der Waals surface area contributed by atoms with Crippen molar-refractivity contribution in [2.75, 3.05) is 6.54 Å². The zero-order valence-electron chi connectivity index (χ0n) is 12.0. The van der Waals surface area contributed by atoms with E-state index in [-0.39, 0.29) is 6.04 Å². The Kier molecular flexibility index (Phi) is 7.65. The summed E-state index contributed by atoms with van der Waals surface area (Å²) in [5.41, 5.74) is 0.582. The summed E-state index contributed by atoms with van der Waals surface area (Å²) in [6.45, 7) is 4.98. The van der Waals surface area contributed by atoms with Gasteiger partial charge in [0, 0.05) is 17.7 Å². The van der Waals surface area contributed by atoms with Gasteiger partial charge in [-0.2, -0.15) is 0 Å². The van der Waals surface area contributed by atoms with E-state index in [9.17, 15) is 8.78 Å². The number of nitrogens with one attached hydrogen (secondary N) is 1. The molecule has 1 nitrogen and oxygen atoms in total. The maximum absolute atomic E-state index is 13.8. The number of unbranched alkanes of at least 4 members (excludes halogenated alkanes) is 4. The first-order valence-electron chi connectivity index (χ1n) is 7.37. The van der Waals surface area contributed by atoms with Gasteiger partial charge in [0.15, 0.2) is 0 Å². The van der Waals surface area contributed by atoms with Crippen LogP contribution in [0, 0.1) is 11.6 Å². The Bertz CT molecular complexity index is 366. The Morgan fingerprint density at radius 3 is 2.42 bits per heavy atom. The summed E-state index contributed by atoms with van der Waals surface area (Å²) >= 11 is 0. The van der Waals surface area contributed by atoms with Gasteiger partial charge in [-0.15, -0.1) is 0 Å². The van der Waals surface area contributed by atoms with Gasteiger partial charge in [-0.3, -0.25) is 0 Å². The second-order valence-electron chi connectivity index (χ2n) is 4.98. The largest absolute Gasteiger partial charge is 0.310 e. The van der Waals surface area contributed by atoms with E-state index in [1.165, 1.54) is 31.7 Å². The van der Waals surface area contributed by atoms with Crippen molar-refractivity contribution < 1.29 is 8.78 Å². The number of rotatable bonds is 9. The summed E-state index contributed by atoms with van der Waals surface area (Å²) in [5.74, 6) is -0.959. The fourth-order valence-electron chi connectivity index (χ4n) is 2.35. The molecule has 1 aromatic rings. The maximum atomic E-state index is 13.8. The lowest BCUT2D eigenvalue weighted by atomic mass is 9.99. The molecule has 0 aliphatic carbocycles. The van der Waals surface area contributed by atoms with Crippen LogP contribution >= 0.6 is 0 Å². The monoisotopic (exact) mass is 269 g/mol. The lowest BCUT2D eigenvalue weighted by molar-refractivity contribution is 0.456. The summed E-state index contributed by atoms with van der Waals surface area (Å²) in [6, 6.07) is 3.85. The van der Waals surface area contributed by atoms with Crippen molar-refractivity contribution in [3.05, 3.63) is 35.4 Å². The first-order chi connectivity index (χ1) is 9.19. The van der Waals surface area contributed by atoms with Crippen molar-refractivity contribution in [3.63, 3.8) is 0 Å². The van der Waals surface area contributed by atoms with Gasteiger partial charge in [-0.1, -0.05) is 52.0 Å². The van der Waals surface area contributed by atoms with Crippen molar-refractivity contribution in [1.82, 2.24) is 5.32 Å². The summed E-state index contributed by atoms with van der Waals surface area (Å²) in [7, 11) is 0. The normalized spacial score (nSPS) is 12.6. The Morgan fingerprint density at radius 1 is 1.05 bits per heavy atom. The number of hydrogen-bond acceptors (Lipinski definition) is 1. The van der Waals surface area contributed by atoms with Gasteiger partial charge in [0.25, 0.3) is 0 Å². The van der Waals surface area contributed by atoms with E-state index in [0.717, 1.165) is 25.5 Å². The van der Waals surface area contributed by atoms with Crippen LogP contribution in [0.25, 0.3) is 0 Å². The van der Waals surface area contributed by atoms with Gasteiger partial charge in [0.05, 0.1) is 0 Å². The van der Waals surface area contributed by atoms with Crippen LogP contribution < -0.4 is 5.32 Å². The quantitative estimate of drug-likeness (QED) is 0.624. The van der Waals surface area contributed by atoms with E-state index in [4.69, 9.17) is 0 Å². The lowest BCUT2D eigenvalue weighted by Gasteiger charge is -2.19. The molecule has 108 valence electrons. The summed E-state index contributed by atoms with van der Waals surface area (Å²) in [4.78, 5) is 0. The highest BCUT2D eigenvalue weighted by molar-refractivity contribution is 5.22. The van der Waals surface area contributed by atoms with E-state index in [2.05, 4.69) is 12.2 Å². The molecule has 0 bridgehead atoms. The molecule has 0 spiro atoms. The lowest BCUT2D eigenvalue weighted by Crippen LogP contribution is -2.22. The van der Waals surface area contributed by atoms with Gasteiger partial charge in [-0.25, -0.2) is 8.78 Å². The molecular formula is C16H25F2N. The molecule has 0 aliphatic rings. The summed E-state index contributed by atoms with van der Waals surface area (Å²) < 4.78 is 26.7. The van der Waals surface area contributed by atoms with Crippen LogP contribution in [-0.4, -0.2) is 6.54 Å².